The van der Waals surface area contributed by atoms with E-state index in [2.05, 4.69) is 26.1 Å². The van der Waals surface area contributed by atoms with Crippen LogP contribution in [0.2, 0.25) is 0 Å². The zero-order valence-electron chi connectivity index (χ0n) is 10.5. The molecule has 3 atom stereocenters. The lowest BCUT2D eigenvalue weighted by Crippen LogP contribution is -2.39. The van der Waals surface area contributed by atoms with E-state index in [1.165, 1.54) is 19.3 Å². The molecule has 0 saturated heterocycles. The van der Waals surface area contributed by atoms with Crippen LogP contribution in [0.4, 0.5) is 0 Å². The van der Waals surface area contributed by atoms with Crippen molar-refractivity contribution >= 4 is 10.8 Å². The molecule has 90 valence electrons. The highest BCUT2D eigenvalue weighted by Crippen LogP contribution is 2.37. The van der Waals surface area contributed by atoms with Crippen LogP contribution >= 0.6 is 0 Å². The van der Waals surface area contributed by atoms with E-state index >= 15 is 0 Å². The number of hydrogen-bond donors (Lipinski definition) is 1. The van der Waals surface area contributed by atoms with Gasteiger partial charge in [0, 0.05) is 28.3 Å². The van der Waals surface area contributed by atoms with Crippen LogP contribution in [-0.2, 0) is 10.8 Å². The van der Waals surface area contributed by atoms with Crippen LogP contribution in [0.25, 0.3) is 0 Å². The lowest BCUT2D eigenvalue weighted by Gasteiger charge is -2.28. The van der Waals surface area contributed by atoms with Crippen molar-refractivity contribution in [3.8, 4) is 0 Å². The summed E-state index contributed by atoms with van der Waals surface area (Å²) in [6, 6.07) is 0.662. The van der Waals surface area contributed by atoms with Crippen molar-refractivity contribution in [2.24, 2.45) is 5.41 Å². The van der Waals surface area contributed by atoms with Gasteiger partial charge in [0.05, 0.1) is 0 Å². The Balaban J connectivity index is 2.23. The first-order valence-corrected chi connectivity index (χ1v) is 7.61. The van der Waals surface area contributed by atoms with Crippen molar-refractivity contribution in [1.29, 1.82) is 0 Å². The summed E-state index contributed by atoms with van der Waals surface area (Å²) in [6.45, 7) is 7.77. The van der Waals surface area contributed by atoms with Gasteiger partial charge in [0.25, 0.3) is 0 Å². The second kappa shape index (κ2) is 5.44. The zero-order valence-corrected chi connectivity index (χ0v) is 11.3. The van der Waals surface area contributed by atoms with Gasteiger partial charge in [-0.1, -0.05) is 27.2 Å². The summed E-state index contributed by atoms with van der Waals surface area (Å²) in [5.41, 5.74) is 0.453. The third-order valence-electron chi connectivity index (χ3n) is 3.77. The molecule has 2 nitrogen and oxygen atoms in total. The molecule has 0 bridgehead atoms. The Hall–Kier alpha value is 0.110. The van der Waals surface area contributed by atoms with Crippen molar-refractivity contribution in [3.05, 3.63) is 0 Å². The summed E-state index contributed by atoms with van der Waals surface area (Å²) in [6.07, 6.45) is 6.80. The molecule has 0 amide bonds. The Kier molecular flexibility index (Phi) is 4.78. The van der Waals surface area contributed by atoms with Crippen molar-refractivity contribution in [2.45, 2.75) is 57.7 Å². The number of hydrogen-bond acceptors (Lipinski definition) is 2. The molecule has 0 unspecified atom stereocenters. The summed E-state index contributed by atoms with van der Waals surface area (Å²) >= 11 is 0. The largest absolute Gasteiger partial charge is 0.313 e. The maximum absolute atomic E-state index is 11.2. The van der Waals surface area contributed by atoms with Crippen molar-refractivity contribution in [3.63, 3.8) is 0 Å². The predicted molar refractivity (Wildman–Crippen MR) is 67.6 cm³/mol. The molecular formula is C12H25NOS. The molecular weight excluding hydrogens is 206 g/mol. The molecule has 15 heavy (non-hydrogen) atoms. The Labute approximate surface area is 96.7 Å². The van der Waals surface area contributed by atoms with Crippen molar-refractivity contribution < 1.29 is 4.21 Å². The minimum atomic E-state index is -0.673. The number of nitrogens with one attached hydrogen (secondary N) is 1. The first kappa shape index (κ1) is 13.2. The van der Waals surface area contributed by atoms with Crippen molar-refractivity contribution in [1.82, 2.24) is 5.32 Å². The highest BCUT2D eigenvalue weighted by molar-refractivity contribution is 7.84. The second-order valence-electron chi connectivity index (χ2n) is 5.49. The third-order valence-corrected chi connectivity index (χ3v) is 5.13. The molecule has 1 aliphatic rings. The van der Waals surface area contributed by atoms with E-state index in [1.807, 2.05) is 0 Å². The van der Waals surface area contributed by atoms with E-state index in [0.29, 0.717) is 16.7 Å². The summed E-state index contributed by atoms with van der Waals surface area (Å²) in [7, 11) is -0.673. The van der Waals surface area contributed by atoms with Gasteiger partial charge in [-0.3, -0.25) is 4.21 Å². The lowest BCUT2D eigenvalue weighted by molar-refractivity contribution is 0.283. The first-order valence-electron chi connectivity index (χ1n) is 5.99. The van der Waals surface area contributed by atoms with Crippen LogP contribution in [0.3, 0.4) is 0 Å². The monoisotopic (exact) mass is 231 g/mol. The molecule has 0 spiro atoms. The lowest BCUT2D eigenvalue weighted by atomic mass is 9.87. The highest BCUT2D eigenvalue weighted by Gasteiger charge is 2.33. The fourth-order valence-electron chi connectivity index (χ4n) is 2.33. The van der Waals surface area contributed by atoms with E-state index in [0.717, 1.165) is 13.0 Å². The summed E-state index contributed by atoms with van der Waals surface area (Å²) < 4.78 is 11.2. The fraction of sp³-hybridized carbons (Fsp3) is 1.00. The molecule has 0 aromatic rings. The van der Waals surface area contributed by atoms with Gasteiger partial charge in [0.2, 0.25) is 0 Å². The summed E-state index contributed by atoms with van der Waals surface area (Å²) in [4.78, 5) is 0. The van der Waals surface area contributed by atoms with Gasteiger partial charge in [-0.05, 0) is 31.2 Å². The minimum absolute atomic E-state index is 0.321. The van der Waals surface area contributed by atoms with Crippen LogP contribution in [-0.4, -0.2) is 28.3 Å². The maximum Gasteiger partial charge on any atom is 0.0329 e. The van der Waals surface area contributed by atoms with Gasteiger partial charge < -0.3 is 5.32 Å². The first-order chi connectivity index (χ1) is 6.93. The topological polar surface area (TPSA) is 29.1 Å². The van der Waals surface area contributed by atoms with E-state index in [9.17, 15) is 4.21 Å². The van der Waals surface area contributed by atoms with Crippen LogP contribution in [0.1, 0.15) is 46.5 Å². The van der Waals surface area contributed by atoms with E-state index in [4.69, 9.17) is 0 Å². The molecule has 0 aromatic carbocycles. The average molecular weight is 231 g/mol. The molecule has 1 fully saturated rings. The molecule has 1 aliphatic carbocycles. The molecule has 0 radical (unpaired) electrons. The molecule has 0 heterocycles. The van der Waals surface area contributed by atoms with Crippen LogP contribution in [0.5, 0.6) is 0 Å². The molecule has 1 saturated carbocycles. The SMILES string of the molecule is C[C@H](CCN[C@H]1CCCC1(C)C)[S@](C)=O. The fourth-order valence-corrected chi connectivity index (χ4v) is 2.78. The van der Waals surface area contributed by atoms with Gasteiger partial charge in [0.1, 0.15) is 0 Å². The third kappa shape index (κ3) is 3.87. The summed E-state index contributed by atoms with van der Waals surface area (Å²) in [5, 5.41) is 3.94. The zero-order chi connectivity index (χ0) is 11.5. The van der Waals surface area contributed by atoms with Gasteiger partial charge in [-0.2, -0.15) is 0 Å². The normalized spacial score (nSPS) is 28.9. The van der Waals surface area contributed by atoms with Crippen LogP contribution in [0.15, 0.2) is 0 Å². The molecule has 1 N–H and O–H groups in total. The number of rotatable bonds is 5. The van der Waals surface area contributed by atoms with Gasteiger partial charge >= 0.3 is 0 Å². The highest BCUT2D eigenvalue weighted by atomic mass is 32.2. The summed E-state index contributed by atoms with van der Waals surface area (Å²) in [5.74, 6) is 0. The smallest absolute Gasteiger partial charge is 0.0329 e. The molecule has 0 aliphatic heterocycles. The predicted octanol–water partition coefficient (Wildman–Crippen LogP) is 2.31. The molecule has 0 aromatic heterocycles. The van der Waals surface area contributed by atoms with Gasteiger partial charge in [-0.15, -0.1) is 0 Å². The Bertz CT molecular complexity index is 228. The quantitative estimate of drug-likeness (QED) is 0.787. The second-order valence-corrected chi connectivity index (χ2v) is 7.29. The minimum Gasteiger partial charge on any atom is -0.313 e. The molecule has 3 heteroatoms. The van der Waals surface area contributed by atoms with E-state index in [-0.39, 0.29) is 0 Å². The average Bonchev–Trinajstić information content (AvgIpc) is 2.45. The standard InChI is InChI=1S/C12H25NOS/c1-10(15(4)14)7-9-13-11-6-5-8-12(11,2)3/h10-11,13H,5-9H2,1-4H3/t10-,11+,15+/m1/s1. The van der Waals surface area contributed by atoms with Crippen LogP contribution < -0.4 is 5.32 Å². The van der Waals surface area contributed by atoms with Gasteiger partial charge in [-0.25, -0.2) is 0 Å². The Morgan fingerprint density at radius 3 is 2.67 bits per heavy atom. The maximum atomic E-state index is 11.2. The Morgan fingerprint density at radius 1 is 1.53 bits per heavy atom. The van der Waals surface area contributed by atoms with Crippen LogP contribution in [0, 0.1) is 5.41 Å². The molecule has 1 rings (SSSR count). The van der Waals surface area contributed by atoms with Crippen molar-refractivity contribution in [2.75, 3.05) is 12.8 Å². The van der Waals surface area contributed by atoms with E-state index < -0.39 is 10.8 Å². The Morgan fingerprint density at radius 2 is 2.20 bits per heavy atom. The van der Waals surface area contributed by atoms with E-state index in [1.54, 1.807) is 6.26 Å². The van der Waals surface area contributed by atoms with Gasteiger partial charge in [0.15, 0.2) is 0 Å².